The van der Waals surface area contributed by atoms with Gasteiger partial charge in [-0.3, -0.25) is 4.79 Å². The van der Waals surface area contributed by atoms with E-state index >= 15 is 0 Å². The first-order valence-corrected chi connectivity index (χ1v) is 6.50. The Morgan fingerprint density at radius 2 is 1.74 bits per heavy atom. The molecule has 0 amide bonds. The number of para-hydroxylation sites is 1. The normalized spacial score (nSPS) is 25.0. The van der Waals surface area contributed by atoms with Crippen molar-refractivity contribution >= 4 is 5.78 Å². The molecule has 0 saturated heterocycles. The average Bonchev–Trinajstić information content (AvgIpc) is 3.13. The van der Waals surface area contributed by atoms with E-state index in [4.69, 9.17) is 0 Å². The van der Waals surface area contributed by atoms with Crippen LogP contribution in [0.5, 0.6) is 5.75 Å². The van der Waals surface area contributed by atoms with Gasteiger partial charge in [-0.2, -0.15) is 0 Å². The third-order valence-electron chi connectivity index (χ3n) is 4.16. The summed E-state index contributed by atoms with van der Waals surface area (Å²) >= 11 is 0. The van der Waals surface area contributed by atoms with Gasteiger partial charge in [-0.15, -0.1) is 0 Å². The number of benzene rings is 2. The predicted molar refractivity (Wildman–Crippen MR) is 74.3 cm³/mol. The van der Waals surface area contributed by atoms with Crippen LogP contribution in [-0.2, 0) is 5.41 Å². The largest absolute Gasteiger partial charge is 0.507 e. The van der Waals surface area contributed by atoms with Gasteiger partial charge >= 0.3 is 0 Å². The van der Waals surface area contributed by atoms with Crippen LogP contribution < -0.4 is 0 Å². The van der Waals surface area contributed by atoms with E-state index in [9.17, 15) is 9.90 Å². The fraction of sp³-hybridized carbons (Fsp3) is 0.235. The van der Waals surface area contributed by atoms with Gasteiger partial charge in [0.25, 0.3) is 0 Å². The molecular weight excluding hydrogens is 236 g/mol. The number of carbonyl (C=O) groups is 1. The highest BCUT2D eigenvalue weighted by Gasteiger charge is 2.55. The monoisotopic (exact) mass is 252 g/mol. The molecule has 0 unspecified atom stereocenters. The first-order chi connectivity index (χ1) is 9.13. The summed E-state index contributed by atoms with van der Waals surface area (Å²) in [7, 11) is 0. The smallest absolute Gasteiger partial charge is 0.170 e. The van der Waals surface area contributed by atoms with Gasteiger partial charge in [-0.25, -0.2) is 0 Å². The van der Waals surface area contributed by atoms with Crippen molar-refractivity contribution in [1.29, 1.82) is 0 Å². The number of rotatable bonds is 3. The maximum atomic E-state index is 12.5. The highest BCUT2D eigenvalue weighted by atomic mass is 16.3. The Morgan fingerprint density at radius 3 is 2.42 bits per heavy atom. The van der Waals surface area contributed by atoms with E-state index < -0.39 is 0 Å². The highest BCUT2D eigenvalue weighted by molar-refractivity contribution is 6.03. The number of phenols is 1. The van der Waals surface area contributed by atoms with Crippen LogP contribution in [0.25, 0.3) is 0 Å². The standard InChI is InChI=1S/C17H16O2/c1-17(12-7-3-2-4-8-12)11-14(17)16(19)13-9-5-6-10-15(13)18/h2-10,14,18H,11H2,1H3/t14-,17-/m1/s1. The molecule has 0 bridgehead atoms. The Kier molecular flexibility index (Phi) is 2.67. The van der Waals surface area contributed by atoms with Gasteiger partial charge in [0.1, 0.15) is 5.75 Å². The lowest BCUT2D eigenvalue weighted by Gasteiger charge is -2.11. The minimum absolute atomic E-state index is 0.0248. The van der Waals surface area contributed by atoms with Crippen molar-refractivity contribution in [3.8, 4) is 5.75 Å². The zero-order valence-electron chi connectivity index (χ0n) is 10.8. The van der Waals surface area contributed by atoms with Crippen LogP contribution in [0.1, 0.15) is 29.3 Å². The Labute approximate surface area is 112 Å². The molecule has 0 radical (unpaired) electrons. The molecule has 0 aliphatic heterocycles. The molecule has 2 aromatic carbocycles. The number of phenolic OH excluding ortho intramolecular Hbond substituents is 1. The zero-order chi connectivity index (χ0) is 13.5. The second-order valence-electron chi connectivity index (χ2n) is 5.42. The third kappa shape index (κ3) is 1.93. The van der Waals surface area contributed by atoms with Gasteiger partial charge < -0.3 is 5.11 Å². The van der Waals surface area contributed by atoms with Crippen LogP contribution >= 0.6 is 0 Å². The Hall–Kier alpha value is -2.09. The number of aromatic hydroxyl groups is 1. The van der Waals surface area contributed by atoms with E-state index in [0.29, 0.717) is 5.56 Å². The zero-order valence-corrected chi connectivity index (χ0v) is 10.8. The minimum Gasteiger partial charge on any atom is -0.507 e. The quantitative estimate of drug-likeness (QED) is 0.848. The highest BCUT2D eigenvalue weighted by Crippen LogP contribution is 2.55. The lowest BCUT2D eigenvalue weighted by atomic mass is 9.92. The summed E-state index contributed by atoms with van der Waals surface area (Å²) in [5, 5.41) is 9.78. The third-order valence-corrected chi connectivity index (χ3v) is 4.16. The summed E-state index contributed by atoms with van der Waals surface area (Å²) in [6, 6.07) is 16.9. The molecule has 1 fully saturated rings. The number of hydrogen-bond donors (Lipinski definition) is 1. The van der Waals surface area contributed by atoms with Crippen LogP contribution in [0.4, 0.5) is 0 Å². The summed E-state index contributed by atoms with van der Waals surface area (Å²) in [6.45, 7) is 2.12. The van der Waals surface area contributed by atoms with Crippen LogP contribution in [0.2, 0.25) is 0 Å². The Balaban J connectivity index is 1.87. The van der Waals surface area contributed by atoms with Crippen molar-refractivity contribution in [1.82, 2.24) is 0 Å². The molecule has 2 heteroatoms. The first kappa shape index (κ1) is 12.0. The van der Waals surface area contributed by atoms with Gasteiger partial charge in [0, 0.05) is 11.3 Å². The molecule has 2 nitrogen and oxygen atoms in total. The second kappa shape index (κ2) is 4.23. The SMILES string of the molecule is C[C@]1(c2ccccc2)C[C@@H]1C(=O)c1ccccc1O. The van der Waals surface area contributed by atoms with Crippen molar-refractivity contribution in [2.45, 2.75) is 18.8 Å². The number of Topliss-reactive ketones (excluding diaryl/α,β-unsaturated/α-hetero) is 1. The first-order valence-electron chi connectivity index (χ1n) is 6.50. The van der Waals surface area contributed by atoms with Crippen molar-refractivity contribution in [2.24, 2.45) is 5.92 Å². The molecule has 0 aromatic heterocycles. The van der Waals surface area contributed by atoms with Gasteiger partial charge in [0.2, 0.25) is 0 Å². The topological polar surface area (TPSA) is 37.3 Å². The van der Waals surface area contributed by atoms with Crippen molar-refractivity contribution in [3.05, 3.63) is 65.7 Å². The lowest BCUT2D eigenvalue weighted by Crippen LogP contribution is -2.12. The number of ketones is 1. The van der Waals surface area contributed by atoms with Gasteiger partial charge in [0.05, 0.1) is 5.56 Å². The molecule has 1 aliphatic carbocycles. The molecule has 1 saturated carbocycles. The van der Waals surface area contributed by atoms with E-state index in [1.54, 1.807) is 24.3 Å². The molecule has 19 heavy (non-hydrogen) atoms. The summed E-state index contributed by atoms with van der Waals surface area (Å²) in [5.74, 6) is 0.0995. The summed E-state index contributed by atoms with van der Waals surface area (Å²) in [6.07, 6.45) is 0.851. The maximum absolute atomic E-state index is 12.5. The van der Waals surface area contributed by atoms with Gasteiger partial charge in [0.15, 0.2) is 5.78 Å². The van der Waals surface area contributed by atoms with E-state index in [2.05, 4.69) is 19.1 Å². The van der Waals surface area contributed by atoms with Crippen LogP contribution in [0.3, 0.4) is 0 Å². The minimum atomic E-state index is -0.0827. The second-order valence-corrected chi connectivity index (χ2v) is 5.42. The van der Waals surface area contributed by atoms with E-state index in [-0.39, 0.29) is 22.9 Å². The summed E-state index contributed by atoms with van der Waals surface area (Å²) in [4.78, 5) is 12.5. The van der Waals surface area contributed by atoms with Crippen molar-refractivity contribution in [3.63, 3.8) is 0 Å². The van der Waals surface area contributed by atoms with E-state index in [1.165, 1.54) is 5.56 Å². The van der Waals surface area contributed by atoms with Crippen LogP contribution in [0.15, 0.2) is 54.6 Å². The van der Waals surface area contributed by atoms with Gasteiger partial charge in [-0.05, 0) is 24.1 Å². The Bertz CT molecular complexity index is 618. The van der Waals surface area contributed by atoms with Crippen molar-refractivity contribution in [2.75, 3.05) is 0 Å². The number of hydrogen-bond acceptors (Lipinski definition) is 2. The van der Waals surface area contributed by atoms with Crippen molar-refractivity contribution < 1.29 is 9.90 Å². The van der Waals surface area contributed by atoms with Gasteiger partial charge in [-0.1, -0.05) is 49.4 Å². The molecule has 1 N–H and O–H groups in total. The lowest BCUT2D eigenvalue weighted by molar-refractivity contribution is 0.0956. The summed E-state index contributed by atoms with van der Waals surface area (Å²) < 4.78 is 0. The Morgan fingerprint density at radius 1 is 1.11 bits per heavy atom. The molecule has 2 atom stereocenters. The molecule has 0 spiro atoms. The number of carbonyl (C=O) groups excluding carboxylic acids is 1. The average molecular weight is 252 g/mol. The molecule has 3 rings (SSSR count). The fourth-order valence-corrected chi connectivity index (χ4v) is 2.75. The van der Waals surface area contributed by atoms with E-state index in [1.807, 2.05) is 18.2 Å². The molecule has 0 heterocycles. The predicted octanol–water partition coefficient (Wildman–Crippen LogP) is 3.55. The van der Waals surface area contributed by atoms with Crippen LogP contribution in [0, 0.1) is 5.92 Å². The van der Waals surface area contributed by atoms with E-state index in [0.717, 1.165) is 6.42 Å². The fourth-order valence-electron chi connectivity index (χ4n) is 2.75. The summed E-state index contributed by atoms with van der Waals surface area (Å²) in [5.41, 5.74) is 1.55. The maximum Gasteiger partial charge on any atom is 0.170 e. The molecule has 2 aromatic rings. The van der Waals surface area contributed by atoms with Crippen LogP contribution in [-0.4, -0.2) is 10.9 Å². The molecule has 1 aliphatic rings. The molecule has 96 valence electrons. The molecular formula is C17H16O2.